The molecule has 0 spiro atoms. The zero-order chi connectivity index (χ0) is 27.5. The number of benzene rings is 3. The van der Waals surface area contributed by atoms with E-state index in [1.807, 2.05) is 48.5 Å². The largest absolute Gasteiger partial charge is 0.497 e. The van der Waals surface area contributed by atoms with E-state index in [4.69, 9.17) is 16.3 Å². The lowest BCUT2D eigenvalue weighted by molar-refractivity contribution is 0.0957. The highest BCUT2D eigenvalue weighted by Crippen LogP contribution is 2.29. The van der Waals surface area contributed by atoms with Gasteiger partial charge < -0.3 is 4.74 Å². The number of nitriles is 1. The molecule has 39 heavy (non-hydrogen) atoms. The van der Waals surface area contributed by atoms with Crippen LogP contribution >= 0.6 is 11.6 Å². The molecule has 0 saturated carbocycles. The Balaban J connectivity index is 1.50. The van der Waals surface area contributed by atoms with Crippen molar-refractivity contribution in [2.45, 2.75) is 77.0 Å². The highest BCUT2D eigenvalue weighted by Gasteiger charge is 2.20. The van der Waals surface area contributed by atoms with Crippen LogP contribution in [0.1, 0.15) is 90.4 Å². The van der Waals surface area contributed by atoms with Crippen LogP contribution in [0.3, 0.4) is 0 Å². The summed E-state index contributed by atoms with van der Waals surface area (Å²) in [5, 5.41) is 10.0. The molecule has 0 bridgehead atoms. The fraction of sp³-hybridized carbons (Fsp3) is 0.429. The fourth-order valence-electron chi connectivity index (χ4n) is 6.03. The average Bonchev–Trinajstić information content (AvgIpc) is 2.95. The number of ketones is 1. The third-order valence-corrected chi connectivity index (χ3v) is 8.37. The molecule has 0 N–H and O–H groups in total. The van der Waals surface area contributed by atoms with Crippen molar-refractivity contribution in [2.24, 2.45) is 11.8 Å². The number of carbonyl (C=O) groups is 1. The Labute approximate surface area is 239 Å². The molecular formula is C35H40ClNO2. The van der Waals surface area contributed by atoms with Crippen LogP contribution in [0, 0.1) is 23.2 Å². The number of carbonyl (C=O) groups excluding carboxylic acids is 1. The summed E-state index contributed by atoms with van der Waals surface area (Å²) in [5.41, 5.74) is 5.20. The normalized spacial score (nSPS) is 19.3. The zero-order valence-electron chi connectivity index (χ0n) is 23.1. The Bertz CT molecular complexity index is 1260. The van der Waals surface area contributed by atoms with E-state index in [1.54, 1.807) is 7.11 Å². The number of ether oxygens (including phenoxy) is 1. The SMILES string of the molecule is COc1ccc(CC2CCCCC(Cc3cccc(C#N)c3)CCCCCc3cc(Cl)ccc3C(=O)C2)cc1. The number of halogens is 1. The van der Waals surface area contributed by atoms with Crippen molar-refractivity contribution in [3.05, 3.63) is 99.6 Å². The molecular weight excluding hydrogens is 502 g/mol. The van der Waals surface area contributed by atoms with Crippen molar-refractivity contribution in [3.63, 3.8) is 0 Å². The lowest BCUT2D eigenvalue weighted by atomic mass is 9.85. The van der Waals surface area contributed by atoms with Gasteiger partial charge in [0.25, 0.3) is 0 Å². The van der Waals surface area contributed by atoms with Gasteiger partial charge in [-0.15, -0.1) is 0 Å². The van der Waals surface area contributed by atoms with Crippen LogP contribution < -0.4 is 4.74 Å². The number of hydrogen-bond acceptors (Lipinski definition) is 3. The van der Waals surface area contributed by atoms with Crippen LogP contribution in [0.25, 0.3) is 0 Å². The van der Waals surface area contributed by atoms with E-state index in [-0.39, 0.29) is 5.78 Å². The first-order valence-electron chi connectivity index (χ1n) is 14.5. The maximum absolute atomic E-state index is 13.6. The predicted molar refractivity (Wildman–Crippen MR) is 160 cm³/mol. The van der Waals surface area contributed by atoms with Crippen LogP contribution in [-0.4, -0.2) is 12.9 Å². The van der Waals surface area contributed by atoms with E-state index in [1.165, 1.54) is 36.8 Å². The maximum Gasteiger partial charge on any atom is 0.163 e. The van der Waals surface area contributed by atoms with E-state index in [0.717, 1.165) is 67.4 Å². The minimum atomic E-state index is 0.241. The van der Waals surface area contributed by atoms with Gasteiger partial charge in [0.2, 0.25) is 0 Å². The summed E-state index contributed by atoms with van der Waals surface area (Å²) in [4.78, 5) is 13.6. The van der Waals surface area contributed by atoms with Crippen LogP contribution in [0.2, 0.25) is 5.02 Å². The van der Waals surface area contributed by atoms with Crippen molar-refractivity contribution in [1.82, 2.24) is 0 Å². The van der Waals surface area contributed by atoms with Gasteiger partial charge in [-0.1, -0.05) is 74.4 Å². The molecule has 0 amide bonds. The first-order valence-corrected chi connectivity index (χ1v) is 14.9. The van der Waals surface area contributed by atoms with Crippen molar-refractivity contribution < 1.29 is 9.53 Å². The quantitative estimate of drug-likeness (QED) is 0.323. The van der Waals surface area contributed by atoms with E-state index in [0.29, 0.717) is 23.3 Å². The van der Waals surface area contributed by atoms with E-state index in [9.17, 15) is 10.1 Å². The van der Waals surface area contributed by atoms with Crippen LogP contribution in [0.15, 0.2) is 66.7 Å². The zero-order valence-corrected chi connectivity index (χ0v) is 23.9. The number of rotatable bonds is 5. The summed E-state index contributed by atoms with van der Waals surface area (Å²) in [6.45, 7) is 0. The molecule has 2 atom stereocenters. The minimum absolute atomic E-state index is 0.241. The minimum Gasteiger partial charge on any atom is -0.497 e. The maximum atomic E-state index is 13.6. The third-order valence-electron chi connectivity index (χ3n) is 8.14. The molecule has 0 saturated heterocycles. The van der Waals surface area contributed by atoms with Gasteiger partial charge in [-0.25, -0.2) is 0 Å². The summed E-state index contributed by atoms with van der Waals surface area (Å²) in [6.07, 6.45) is 12.5. The van der Waals surface area contributed by atoms with Crippen molar-refractivity contribution in [1.29, 1.82) is 5.26 Å². The van der Waals surface area contributed by atoms with E-state index >= 15 is 0 Å². The summed E-state index contributed by atoms with van der Waals surface area (Å²) < 4.78 is 5.33. The van der Waals surface area contributed by atoms with Gasteiger partial charge in [0, 0.05) is 17.0 Å². The summed E-state index contributed by atoms with van der Waals surface area (Å²) in [7, 11) is 1.69. The second-order valence-electron chi connectivity index (χ2n) is 11.1. The van der Waals surface area contributed by atoms with Crippen molar-refractivity contribution in [3.8, 4) is 11.8 Å². The second kappa shape index (κ2) is 14.9. The topological polar surface area (TPSA) is 50.1 Å². The van der Waals surface area contributed by atoms with Crippen LogP contribution in [-0.2, 0) is 19.3 Å². The Kier molecular flexibility index (Phi) is 11.0. The first-order chi connectivity index (χ1) is 19.0. The van der Waals surface area contributed by atoms with Gasteiger partial charge in [-0.2, -0.15) is 5.26 Å². The molecule has 1 aliphatic carbocycles. The molecule has 1 aliphatic rings. The number of hydrogen-bond donors (Lipinski definition) is 0. The van der Waals surface area contributed by atoms with Crippen molar-refractivity contribution >= 4 is 17.4 Å². The molecule has 204 valence electrons. The van der Waals surface area contributed by atoms with E-state index < -0.39 is 0 Å². The van der Waals surface area contributed by atoms with Gasteiger partial charge in [0.05, 0.1) is 18.7 Å². The Morgan fingerprint density at radius 2 is 1.56 bits per heavy atom. The van der Waals surface area contributed by atoms with Gasteiger partial charge in [-0.3, -0.25) is 4.79 Å². The van der Waals surface area contributed by atoms with Gasteiger partial charge >= 0.3 is 0 Å². The Morgan fingerprint density at radius 1 is 0.846 bits per heavy atom. The number of methoxy groups -OCH3 is 1. The lowest BCUT2D eigenvalue weighted by Crippen LogP contribution is -2.14. The van der Waals surface area contributed by atoms with E-state index in [2.05, 4.69) is 24.3 Å². The highest BCUT2D eigenvalue weighted by molar-refractivity contribution is 6.30. The fourth-order valence-corrected chi connectivity index (χ4v) is 6.22. The molecule has 0 aliphatic heterocycles. The molecule has 3 aromatic rings. The molecule has 0 aromatic heterocycles. The number of Topliss-reactive ketones (excluding diaryl/α,β-unsaturated/α-hetero) is 1. The van der Waals surface area contributed by atoms with Gasteiger partial charge in [-0.05, 0) is 103 Å². The standard InChI is InChI=1S/C35H40ClNO2/c1-39-33-17-14-27(15-18-33)21-29-10-6-5-9-26(20-28-11-7-12-30(22-28)25-37)8-3-2-4-13-31-24-32(36)16-19-34(31)35(38)23-29/h7,11-12,14-19,22,24,26,29H,2-6,8-10,13,20-21,23H2,1H3. The number of fused-ring (bicyclic) bond motifs is 1. The Morgan fingerprint density at radius 3 is 2.31 bits per heavy atom. The highest BCUT2D eigenvalue weighted by atomic mass is 35.5. The molecule has 4 rings (SSSR count). The molecule has 2 unspecified atom stereocenters. The van der Waals surface area contributed by atoms with Crippen LogP contribution in [0.4, 0.5) is 0 Å². The monoisotopic (exact) mass is 541 g/mol. The third kappa shape index (κ3) is 8.97. The van der Waals surface area contributed by atoms with Gasteiger partial charge in [0.1, 0.15) is 5.75 Å². The number of nitrogens with zero attached hydrogens (tertiary/aromatic N) is 1. The molecule has 3 aromatic carbocycles. The van der Waals surface area contributed by atoms with Crippen molar-refractivity contribution in [2.75, 3.05) is 7.11 Å². The molecule has 0 fully saturated rings. The molecule has 4 heteroatoms. The summed E-state index contributed by atoms with van der Waals surface area (Å²) in [5.74, 6) is 2.01. The summed E-state index contributed by atoms with van der Waals surface area (Å²) in [6, 6.07) is 24.4. The first kappa shape index (κ1) is 28.9. The average molecular weight is 542 g/mol. The molecule has 0 heterocycles. The molecule has 0 radical (unpaired) electrons. The Hall–Kier alpha value is -3.09. The summed E-state index contributed by atoms with van der Waals surface area (Å²) >= 11 is 6.36. The lowest BCUT2D eigenvalue weighted by Gasteiger charge is -2.19. The molecule has 3 nitrogen and oxygen atoms in total. The second-order valence-corrected chi connectivity index (χ2v) is 11.5. The smallest absolute Gasteiger partial charge is 0.163 e. The van der Waals surface area contributed by atoms with Crippen LogP contribution in [0.5, 0.6) is 5.75 Å². The predicted octanol–water partition coefficient (Wildman–Crippen LogP) is 9.19. The number of aryl methyl sites for hydroxylation is 1. The van der Waals surface area contributed by atoms with Gasteiger partial charge in [0.15, 0.2) is 5.78 Å².